The van der Waals surface area contributed by atoms with Gasteiger partial charge in [0.25, 0.3) is 5.91 Å². The van der Waals surface area contributed by atoms with Crippen molar-refractivity contribution in [2.45, 2.75) is 44.7 Å². The van der Waals surface area contributed by atoms with Gasteiger partial charge < -0.3 is 14.8 Å². The fraction of sp³-hybridized carbons (Fsp3) is 0.529. The molecule has 1 fully saturated rings. The number of carbonyl (C=O) groups is 1. The van der Waals surface area contributed by atoms with Crippen molar-refractivity contribution in [1.29, 1.82) is 0 Å². The molecule has 0 saturated carbocycles. The molecule has 0 aliphatic carbocycles. The number of carbonyl (C=O) groups excluding carboxylic acids is 1. The third-order valence-corrected chi connectivity index (χ3v) is 4.82. The maximum absolute atomic E-state index is 12.8. The molecule has 1 amide bonds. The molecule has 4 heterocycles. The zero-order chi connectivity index (χ0) is 16.4. The molecule has 2 aromatic heterocycles. The van der Waals surface area contributed by atoms with Crippen LogP contribution in [0.3, 0.4) is 0 Å². The highest BCUT2D eigenvalue weighted by Gasteiger charge is 2.27. The molecule has 126 valence electrons. The Labute approximate surface area is 141 Å². The van der Waals surface area contributed by atoms with Crippen LogP contribution in [0.5, 0.6) is 0 Å². The highest BCUT2D eigenvalue weighted by Crippen LogP contribution is 2.21. The minimum atomic E-state index is 0.116. The van der Waals surface area contributed by atoms with Gasteiger partial charge in [-0.25, -0.2) is 15.0 Å². The Kier molecular flexibility index (Phi) is 4.15. The third kappa shape index (κ3) is 2.98. The summed E-state index contributed by atoms with van der Waals surface area (Å²) in [5.74, 6) is 1.75. The Hall–Kier alpha value is -2.44. The minimum absolute atomic E-state index is 0.116. The number of hydrogen-bond donors (Lipinski definition) is 1. The molecule has 1 saturated heterocycles. The molecular formula is C17H22N6O. The van der Waals surface area contributed by atoms with Gasteiger partial charge in [-0.3, -0.25) is 4.79 Å². The predicted molar refractivity (Wildman–Crippen MR) is 89.7 cm³/mol. The second-order valence-corrected chi connectivity index (χ2v) is 6.48. The Bertz CT molecular complexity index is 707. The summed E-state index contributed by atoms with van der Waals surface area (Å²) in [6, 6.07) is 2.01. The quantitative estimate of drug-likeness (QED) is 0.929. The van der Waals surface area contributed by atoms with Gasteiger partial charge in [-0.15, -0.1) is 0 Å². The summed E-state index contributed by atoms with van der Waals surface area (Å²) in [7, 11) is 0. The summed E-state index contributed by atoms with van der Waals surface area (Å²) < 4.78 is 2.07. The second kappa shape index (κ2) is 6.59. The van der Waals surface area contributed by atoms with Crippen LogP contribution < -0.4 is 5.32 Å². The average molecular weight is 326 g/mol. The van der Waals surface area contributed by atoms with Gasteiger partial charge in [0.05, 0.1) is 6.20 Å². The van der Waals surface area contributed by atoms with Crippen molar-refractivity contribution in [3.8, 4) is 0 Å². The molecule has 1 atom stereocenters. The lowest BCUT2D eigenvalue weighted by Crippen LogP contribution is -2.39. The Balaban J connectivity index is 1.50. The third-order valence-electron chi connectivity index (χ3n) is 4.82. The van der Waals surface area contributed by atoms with Crippen molar-refractivity contribution in [3.05, 3.63) is 36.2 Å². The van der Waals surface area contributed by atoms with E-state index in [1.807, 2.05) is 4.90 Å². The zero-order valence-corrected chi connectivity index (χ0v) is 13.7. The Morgan fingerprint density at radius 2 is 1.92 bits per heavy atom. The molecule has 2 aliphatic heterocycles. The molecular weight excluding hydrogens is 304 g/mol. The van der Waals surface area contributed by atoms with Gasteiger partial charge in [0.15, 0.2) is 0 Å². The van der Waals surface area contributed by atoms with Crippen LogP contribution in [0.1, 0.15) is 42.0 Å². The van der Waals surface area contributed by atoms with Crippen LogP contribution in [0.25, 0.3) is 0 Å². The van der Waals surface area contributed by atoms with Crippen molar-refractivity contribution in [2.24, 2.45) is 0 Å². The van der Waals surface area contributed by atoms with E-state index in [-0.39, 0.29) is 11.9 Å². The number of imidazole rings is 1. The van der Waals surface area contributed by atoms with Gasteiger partial charge in [0.2, 0.25) is 5.95 Å². The fourth-order valence-electron chi connectivity index (χ4n) is 3.54. The summed E-state index contributed by atoms with van der Waals surface area (Å²) in [5.41, 5.74) is 0.715. The molecule has 7 nitrogen and oxygen atoms in total. The highest BCUT2D eigenvalue weighted by atomic mass is 16.2. The number of rotatable bonds is 3. The number of nitrogens with zero attached hydrogens (tertiary/aromatic N) is 5. The first-order valence-electron chi connectivity index (χ1n) is 8.68. The highest BCUT2D eigenvalue weighted by molar-refractivity contribution is 5.92. The molecule has 2 aromatic rings. The number of anilines is 1. The largest absolute Gasteiger partial charge is 0.350 e. The van der Waals surface area contributed by atoms with Gasteiger partial charge >= 0.3 is 0 Å². The van der Waals surface area contributed by atoms with E-state index in [9.17, 15) is 4.79 Å². The second-order valence-electron chi connectivity index (χ2n) is 6.48. The summed E-state index contributed by atoms with van der Waals surface area (Å²) in [5, 5.41) is 3.36. The fourth-order valence-corrected chi connectivity index (χ4v) is 3.54. The van der Waals surface area contributed by atoms with Crippen LogP contribution in [0.2, 0.25) is 0 Å². The van der Waals surface area contributed by atoms with Crippen molar-refractivity contribution < 1.29 is 4.79 Å². The summed E-state index contributed by atoms with van der Waals surface area (Å²) in [4.78, 5) is 27.7. The molecule has 4 rings (SSSR count). The van der Waals surface area contributed by atoms with Crippen molar-refractivity contribution >= 4 is 11.9 Å². The van der Waals surface area contributed by atoms with Crippen molar-refractivity contribution in [1.82, 2.24) is 24.4 Å². The normalized spacial score (nSPS) is 20.5. The van der Waals surface area contributed by atoms with E-state index in [0.717, 1.165) is 51.1 Å². The van der Waals surface area contributed by atoms with E-state index in [4.69, 9.17) is 0 Å². The van der Waals surface area contributed by atoms with E-state index in [0.29, 0.717) is 11.6 Å². The number of aromatic nitrogens is 4. The first kappa shape index (κ1) is 15.1. The van der Waals surface area contributed by atoms with Crippen LogP contribution in [-0.4, -0.2) is 49.5 Å². The van der Waals surface area contributed by atoms with Crippen LogP contribution in [0.15, 0.2) is 24.7 Å². The van der Waals surface area contributed by atoms with E-state index in [2.05, 4.69) is 24.8 Å². The summed E-state index contributed by atoms with van der Waals surface area (Å²) in [6.07, 6.45) is 10.4. The topological polar surface area (TPSA) is 75.9 Å². The van der Waals surface area contributed by atoms with Crippen molar-refractivity contribution in [2.75, 3.05) is 18.4 Å². The number of likely N-dealkylation sites (tertiary alicyclic amines) is 1. The number of aryl methyl sites for hydroxylation is 1. The van der Waals surface area contributed by atoms with Gasteiger partial charge in [0, 0.05) is 44.5 Å². The molecule has 2 aliphatic rings. The molecule has 0 bridgehead atoms. The SMILES string of the molecule is O=C(c1cnc2n1CC(Nc1ncccn1)CC2)N1CCCCC1. The smallest absolute Gasteiger partial charge is 0.272 e. The molecule has 7 heteroatoms. The lowest BCUT2D eigenvalue weighted by Gasteiger charge is -2.29. The van der Waals surface area contributed by atoms with Crippen LogP contribution in [-0.2, 0) is 13.0 Å². The maximum atomic E-state index is 12.8. The molecule has 0 aromatic carbocycles. The van der Waals surface area contributed by atoms with Crippen LogP contribution >= 0.6 is 0 Å². The zero-order valence-electron chi connectivity index (χ0n) is 13.7. The molecule has 1 unspecified atom stereocenters. The number of fused-ring (bicyclic) bond motifs is 1. The van der Waals surface area contributed by atoms with E-state index in [1.165, 1.54) is 6.42 Å². The first-order chi connectivity index (χ1) is 11.8. The van der Waals surface area contributed by atoms with Gasteiger partial charge in [-0.05, 0) is 31.7 Å². The average Bonchev–Trinajstić information content (AvgIpc) is 3.06. The van der Waals surface area contributed by atoms with Gasteiger partial charge in [-0.1, -0.05) is 0 Å². The molecule has 24 heavy (non-hydrogen) atoms. The van der Waals surface area contributed by atoms with Gasteiger partial charge in [0.1, 0.15) is 11.5 Å². The maximum Gasteiger partial charge on any atom is 0.272 e. The first-order valence-corrected chi connectivity index (χ1v) is 8.68. The Morgan fingerprint density at radius 3 is 2.71 bits per heavy atom. The Morgan fingerprint density at radius 1 is 1.12 bits per heavy atom. The van der Waals surface area contributed by atoms with E-state index >= 15 is 0 Å². The summed E-state index contributed by atoms with van der Waals surface area (Å²) >= 11 is 0. The minimum Gasteiger partial charge on any atom is -0.350 e. The number of piperidine rings is 1. The molecule has 0 radical (unpaired) electrons. The molecule has 1 N–H and O–H groups in total. The number of hydrogen-bond acceptors (Lipinski definition) is 5. The van der Waals surface area contributed by atoms with Crippen LogP contribution in [0.4, 0.5) is 5.95 Å². The van der Waals surface area contributed by atoms with Crippen molar-refractivity contribution in [3.63, 3.8) is 0 Å². The molecule has 0 spiro atoms. The number of nitrogens with one attached hydrogen (secondary N) is 1. The van der Waals surface area contributed by atoms with Gasteiger partial charge in [-0.2, -0.15) is 0 Å². The standard InChI is InChI=1S/C17H22N6O/c24-16(22-9-2-1-3-10-22)14-11-20-15-6-5-13(12-23(14)15)21-17-18-7-4-8-19-17/h4,7-8,11,13H,1-3,5-6,9-10,12H2,(H,18,19,21). The number of amides is 1. The lowest BCUT2D eigenvalue weighted by molar-refractivity contribution is 0.0712. The lowest BCUT2D eigenvalue weighted by atomic mass is 10.1. The van der Waals surface area contributed by atoms with E-state index < -0.39 is 0 Å². The predicted octanol–water partition coefficient (Wildman–Crippen LogP) is 1.73. The monoisotopic (exact) mass is 326 g/mol. The van der Waals surface area contributed by atoms with E-state index in [1.54, 1.807) is 24.7 Å². The summed E-state index contributed by atoms with van der Waals surface area (Å²) in [6.45, 7) is 2.44. The van der Waals surface area contributed by atoms with Crippen LogP contribution in [0, 0.1) is 0 Å².